The van der Waals surface area contributed by atoms with Crippen molar-refractivity contribution in [3.05, 3.63) is 42.0 Å². The number of benzene rings is 1. The van der Waals surface area contributed by atoms with E-state index in [4.69, 9.17) is 9.84 Å². The van der Waals surface area contributed by atoms with E-state index in [-0.39, 0.29) is 11.8 Å². The van der Waals surface area contributed by atoms with Gasteiger partial charge in [-0.25, -0.2) is 9.07 Å². The van der Waals surface area contributed by atoms with Gasteiger partial charge >= 0.3 is 0 Å². The molecule has 0 saturated carbocycles. The van der Waals surface area contributed by atoms with E-state index in [9.17, 15) is 9.18 Å². The zero-order valence-electron chi connectivity index (χ0n) is 11.8. The molecule has 0 radical (unpaired) electrons. The van der Waals surface area contributed by atoms with Crippen LogP contribution < -0.4 is 5.32 Å². The molecule has 7 heteroatoms. The van der Waals surface area contributed by atoms with Gasteiger partial charge in [0.05, 0.1) is 18.1 Å². The van der Waals surface area contributed by atoms with Gasteiger partial charge in [0.25, 0.3) is 5.91 Å². The van der Waals surface area contributed by atoms with Crippen LogP contribution >= 0.6 is 0 Å². The third-order valence-corrected chi connectivity index (χ3v) is 3.52. The highest BCUT2D eigenvalue weighted by molar-refractivity contribution is 6.04. The van der Waals surface area contributed by atoms with Gasteiger partial charge in [0.15, 0.2) is 11.6 Å². The van der Waals surface area contributed by atoms with Gasteiger partial charge in [0.2, 0.25) is 0 Å². The molecule has 0 spiro atoms. The van der Waals surface area contributed by atoms with Gasteiger partial charge in [-0.15, -0.1) is 0 Å². The number of anilines is 1. The first-order chi connectivity index (χ1) is 10.6. The largest absolute Gasteiger partial charge is 0.505 e. The van der Waals surface area contributed by atoms with Crippen molar-refractivity contribution in [3.63, 3.8) is 0 Å². The molecule has 1 atom stereocenters. The third kappa shape index (κ3) is 3.09. The van der Waals surface area contributed by atoms with Crippen LogP contribution in [0.25, 0.3) is 0 Å². The summed E-state index contributed by atoms with van der Waals surface area (Å²) in [5.74, 6) is -1.79. The standard InChI is InChI=1S/C15H16FN3O3/c16-12-7-10(4-5-13(12)20)15(21)18-11-8-17-19(9-11)14-3-1-2-6-22-14/h4-5,7-9,14,20H,1-3,6H2,(H,18,21). The summed E-state index contributed by atoms with van der Waals surface area (Å²) in [5.41, 5.74) is 0.629. The number of phenols is 1. The van der Waals surface area contributed by atoms with Gasteiger partial charge in [-0.2, -0.15) is 5.10 Å². The molecule has 2 N–H and O–H groups in total. The van der Waals surface area contributed by atoms with Crippen LogP contribution in [-0.4, -0.2) is 27.4 Å². The van der Waals surface area contributed by atoms with Crippen molar-refractivity contribution in [3.8, 4) is 5.75 Å². The van der Waals surface area contributed by atoms with Crippen LogP contribution in [-0.2, 0) is 4.74 Å². The molecule has 2 heterocycles. The molecule has 1 unspecified atom stereocenters. The van der Waals surface area contributed by atoms with Crippen LogP contribution in [0.1, 0.15) is 35.8 Å². The van der Waals surface area contributed by atoms with E-state index in [0.29, 0.717) is 12.3 Å². The summed E-state index contributed by atoms with van der Waals surface area (Å²) in [7, 11) is 0. The number of aromatic nitrogens is 2. The van der Waals surface area contributed by atoms with E-state index in [1.165, 1.54) is 12.3 Å². The summed E-state index contributed by atoms with van der Waals surface area (Å²) in [6, 6.07) is 3.48. The molecule has 6 nitrogen and oxygen atoms in total. The summed E-state index contributed by atoms with van der Waals surface area (Å²) >= 11 is 0. The van der Waals surface area contributed by atoms with Crippen molar-refractivity contribution in [2.45, 2.75) is 25.5 Å². The lowest BCUT2D eigenvalue weighted by Crippen LogP contribution is -2.18. The van der Waals surface area contributed by atoms with Crippen LogP contribution in [0.5, 0.6) is 5.75 Å². The average Bonchev–Trinajstić information content (AvgIpc) is 2.99. The quantitative estimate of drug-likeness (QED) is 0.914. The number of nitrogens with zero attached hydrogens (tertiary/aromatic N) is 2. The van der Waals surface area contributed by atoms with Crippen molar-refractivity contribution in [1.82, 2.24) is 9.78 Å². The minimum absolute atomic E-state index is 0.106. The van der Waals surface area contributed by atoms with Crippen LogP contribution in [0.3, 0.4) is 0 Å². The van der Waals surface area contributed by atoms with Crippen LogP contribution in [0.2, 0.25) is 0 Å². The number of hydrogen-bond acceptors (Lipinski definition) is 4. The molecule has 1 amide bonds. The Balaban J connectivity index is 1.68. The minimum Gasteiger partial charge on any atom is -0.505 e. The Morgan fingerprint density at radius 1 is 1.45 bits per heavy atom. The van der Waals surface area contributed by atoms with Crippen molar-refractivity contribution >= 4 is 11.6 Å². The summed E-state index contributed by atoms with van der Waals surface area (Å²) in [6.45, 7) is 0.707. The molecule has 116 valence electrons. The molecule has 1 aromatic heterocycles. The molecule has 1 aliphatic rings. The van der Waals surface area contributed by atoms with Crippen molar-refractivity contribution in [2.75, 3.05) is 11.9 Å². The highest BCUT2D eigenvalue weighted by atomic mass is 19.1. The monoisotopic (exact) mass is 305 g/mol. The predicted octanol–water partition coefficient (Wildman–Crippen LogP) is 2.68. The molecule has 1 aromatic carbocycles. The Morgan fingerprint density at radius 3 is 3.05 bits per heavy atom. The maximum absolute atomic E-state index is 13.3. The molecule has 22 heavy (non-hydrogen) atoms. The van der Waals surface area contributed by atoms with Gasteiger partial charge in [0.1, 0.15) is 6.23 Å². The van der Waals surface area contributed by atoms with E-state index in [2.05, 4.69) is 10.4 Å². The highest BCUT2D eigenvalue weighted by Gasteiger charge is 2.17. The third-order valence-electron chi connectivity index (χ3n) is 3.52. The first kappa shape index (κ1) is 14.5. The average molecular weight is 305 g/mol. The molecule has 0 aliphatic carbocycles. The fourth-order valence-corrected chi connectivity index (χ4v) is 2.34. The maximum Gasteiger partial charge on any atom is 0.255 e. The lowest BCUT2D eigenvalue weighted by atomic mass is 10.2. The van der Waals surface area contributed by atoms with E-state index < -0.39 is 17.5 Å². The van der Waals surface area contributed by atoms with Crippen molar-refractivity contribution in [1.29, 1.82) is 0 Å². The molecule has 1 fully saturated rings. The Hall–Kier alpha value is -2.41. The Morgan fingerprint density at radius 2 is 2.32 bits per heavy atom. The molecule has 3 rings (SSSR count). The number of halogens is 1. The summed E-state index contributed by atoms with van der Waals surface area (Å²) < 4.78 is 20.5. The Labute approximate surface area is 126 Å². The molecular formula is C15H16FN3O3. The predicted molar refractivity (Wildman–Crippen MR) is 77.1 cm³/mol. The number of carbonyl (C=O) groups excluding carboxylic acids is 1. The van der Waals surface area contributed by atoms with E-state index in [1.807, 2.05) is 0 Å². The molecule has 1 aliphatic heterocycles. The number of phenolic OH excluding ortho intramolecular Hbond substituents is 1. The summed E-state index contributed by atoms with van der Waals surface area (Å²) in [6.07, 6.45) is 6.12. The number of ether oxygens (including phenoxy) is 1. The second kappa shape index (κ2) is 6.15. The summed E-state index contributed by atoms with van der Waals surface area (Å²) in [5, 5.41) is 15.9. The highest BCUT2D eigenvalue weighted by Crippen LogP contribution is 2.23. The molecule has 0 bridgehead atoms. The van der Waals surface area contributed by atoms with Gasteiger partial charge < -0.3 is 15.2 Å². The number of nitrogens with one attached hydrogen (secondary N) is 1. The topological polar surface area (TPSA) is 76.4 Å². The normalized spacial score (nSPS) is 18.1. The number of aromatic hydroxyl groups is 1. The second-order valence-corrected chi connectivity index (χ2v) is 5.15. The smallest absolute Gasteiger partial charge is 0.255 e. The van der Waals surface area contributed by atoms with Gasteiger partial charge in [0, 0.05) is 12.2 Å². The minimum atomic E-state index is -0.834. The zero-order valence-corrected chi connectivity index (χ0v) is 11.8. The second-order valence-electron chi connectivity index (χ2n) is 5.15. The van der Waals surface area contributed by atoms with Crippen LogP contribution in [0, 0.1) is 5.82 Å². The Bertz CT molecular complexity index is 680. The molecule has 2 aromatic rings. The van der Waals surface area contributed by atoms with Crippen molar-refractivity contribution in [2.24, 2.45) is 0 Å². The number of hydrogen-bond donors (Lipinski definition) is 2. The molecular weight excluding hydrogens is 289 g/mol. The first-order valence-corrected chi connectivity index (χ1v) is 7.09. The zero-order chi connectivity index (χ0) is 15.5. The van der Waals surface area contributed by atoms with E-state index in [0.717, 1.165) is 31.4 Å². The lowest BCUT2D eigenvalue weighted by molar-refractivity contribution is -0.0394. The lowest BCUT2D eigenvalue weighted by Gasteiger charge is -2.22. The van der Waals surface area contributed by atoms with Crippen molar-refractivity contribution < 1.29 is 19.0 Å². The molecule has 1 saturated heterocycles. The number of carbonyl (C=O) groups is 1. The number of amides is 1. The van der Waals surface area contributed by atoms with Crippen LogP contribution in [0.15, 0.2) is 30.6 Å². The SMILES string of the molecule is O=C(Nc1cnn(C2CCCCO2)c1)c1ccc(O)c(F)c1. The fourth-order valence-electron chi connectivity index (χ4n) is 2.34. The Kier molecular flexibility index (Phi) is 4.06. The first-order valence-electron chi connectivity index (χ1n) is 7.09. The fraction of sp³-hybridized carbons (Fsp3) is 0.333. The maximum atomic E-state index is 13.3. The van der Waals surface area contributed by atoms with Gasteiger partial charge in [-0.05, 0) is 37.5 Å². The van der Waals surface area contributed by atoms with E-state index >= 15 is 0 Å². The summed E-state index contributed by atoms with van der Waals surface area (Å²) in [4.78, 5) is 12.0. The van der Waals surface area contributed by atoms with E-state index in [1.54, 1.807) is 10.9 Å². The van der Waals surface area contributed by atoms with Crippen LogP contribution in [0.4, 0.5) is 10.1 Å². The number of rotatable bonds is 3. The van der Waals surface area contributed by atoms with Gasteiger partial charge in [-0.3, -0.25) is 4.79 Å². The van der Waals surface area contributed by atoms with Gasteiger partial charge in [-0.1, -0.05) is 0 Å².